The van der Waals surface area contributed by atoms with Gasteiger partial charge in [-0.15, -0.1) is 0 Å². The van der Waals surface area contributed by atoms with Crippen molar-refractivity contribution in [3.63, 3.8) is 0 Å². The van der Waals surface area contributed by atoms with Gasteiger partial charge < -0.3 is 24.2 Å². The zero-order chi connectivity index (χ0) is 17.1. The number of nitrogens with zero attached hydrogens (tertiary/aromatic N) is 1. The number of fused-ring (bicyclic) bond motifs is 1. The number of rotatable bonds is 4. The molecule has 1 N–H and O–H groups in total. The van der Waals surface area contributed by atoms with Crippen molar-refractivity contribution >= 4 is 11.9 Å². The fourth-order valence-corrected chi connectivity index (χ4v) is 3.15. The number of likely N-dealkylation sites (tertiary alicyclic amines) is 1. The average Bonchev–Trinajstić information content (AvgIpc) is 2.81. The second-order valence-corrected chi connectivity index (χ2v) is 6.01. The lowest BCUT2D eigenvalue weighted by molar-refractivity contribution is -0.137. The summed E-state index contributed by atoms with van der Waals surface area (Å²) in [5.74, 6) is 0.0441. The van der Waals surface area contributed by atoms with E-state index in [0.29, 0.717) is 43.2 Å². The molecule has 2 unspecified atom stereocenters. The van der Waals surface area contributed by atoms with Gasteiger partial charge in [-0.25, -0.2) is 0 Å². The molecule has 2 heterocycles. The molecule has 1 saturated heterocycles. The number of carbonyl (C=O) groups is 2. The summed E-state index contributed by atoms with van der Waals surface area (Å²) in [4.78, 5) is 25.5. The molecule has 2 aliphatic heterocycles. The second-order valence-electron chi connectivity index (χ2n) is 6.01. The highest BCUT2D eigenvalue weighted by atomic mass is 16.5. The summed E-state index contributed by atoms with van der Waals surface area (Å²) in [7, 11) is 1.57. The Kier molecular flexibility index (Phi) is 4.89. The highest BCUT2D eigenvalue weighted by molar-refractivity contribution is 5.95. The Morgan fingerprint density at radius 1 is 1.29 bits per heavy atom. The van der Waals surface area contributed by atoms with Crippen LogP contribution in [0.5, 0.6) is 11.5 Å². The molecule has 7 heteroatoms. The van der Waals surface area contributed by atoms with Gasteiger partial charge in [0.25, 0.3) is 5.91 Å². The fraction of sp³-hybridized carbons (Fsp3) is 0.529. The molecular formula is C17H21NO6. The average molecular weight is 335 g/mol. The number of aliphatic carboxylic acids is 1. The van der Waals surface area contributed by atoms with Gasteiger partial charge in [0.05, 0.1) is 25.7 Å². The third kappa shape index (κ3) is 3.46. The number of carboxylic acid groups (broad SMARTS) is 1. The molecule has 0 aliphatic carbocycles. The lowest BCUT2D eigenvalue weighted by Gasteiger charge is -2.23. The van der Waals surface area contributed by atoms with Crippen LogP contribution in [0.2, 0.25) is 0 Å². The van der Waals surface area contributed by atoms with Gasteiger partial charge in [-0.2, -0.15) is 0 Å². The van der Waals surface area contributed by atoms with Crippen molar-refractivity contribution in [2.75, 3.05) is 26.9 Å². The molecule has 2 atom stereocenters. The molecule has 130 valence electrons. The first kappa shape index (κ1) is 16.6. The van der Waals surface area contributed by atoms with Crippen LogP contribution in [0.4, 0.5) is 0 Å². The van der Waals surface area contributed by atoms with Gasteiger partial charge in [-0.3, -0.25) is 9.59 Å². The van der Waals surface area contributed by atoms with Crippen LogP contribution >= 0.6 is 0 Å². The van der Waals surface area contributed by atoms with E-state index in [1.165, 1.54) is 0 Å². The molecule has 0 radical (unpaired) electrons. The van der Waals surface area contributed by atoms with E-state index >= 15 is 0 Å². The Morgan fingerprint density at radius 3 is 2.75 bits per heavy atom. The van der Waals surface area contributed by atoms with E-state index in [1.54, 1.807) is 30.2 Å². The van der Waals surface area contributed by atoms with Gasteiger partial charge in [0.2, 0.25) is 0 Å². The smallest absolute Gasteiger partial charge is 0.305 e. The number of hydrogen-bond donors (Lipinski definition) is 1. The Morgan fingerprint density at radius 2 is 2.04 bits per heavy atom. The first-order chi connectivity index (χ1) is 11.6. The highest BCUT2D eigenvalue weighted by Gasteiger charge is 2.37. The van der Waals surface area contributed by atoms with Gasteiger partial charge in [0, 0.05) is 31.7 Å². The van der Waals surface area contributed by atoms with E-state index in [0.717, 1.165) is 6.42 Å². The van der Waals surface area contributed by atoms with Crippen molar-refractivity contribution in [2.24, 2.45) is 0 Å². The predicted molar refractivity (Wildman–Crippen MR) is 84.5 cm³/mol. The topological polar surface area (TPSA) is 85.3 Å². The number of carbonyl (C=O) groups excluding carboxylic acids is 1. The maximum absolute atomic E-state index is 12.9. The van der Waals surface area contributed by atoms with Crippen LogP contribution in [-0.2, 0) is 9.53 Å². The molecule has 24 heavy (non-hydrogen) atoms. The van der Waals surface area contributed by atoms with E-state index in [1.807, 2.05) is 0 Å². The summed E-state index contributed by atoms with van der Waals surface area (Å²) < 4.78 is 16.5. The summed E-state index contributed by atoms with van der Waals surface area (Å²) in [6, 6.07) is 4.72. The molecule has 3 rings (SSSR count). The van der Waals surface area contributed by atoms with Crippen LogP contribution in [0.25, 0.3) is 0 Å². The Hall–Kier alpha value is -2.28. The monoisotopic (exact) mass is 335 g/mol. The van der Waals surface area contributed by atoms with Gasteiger partial charge in [0.1, 0.15) is 0 Å². The van der Waals surface area contributed by atoms with Crippen LogP contribution in [0.1, 0.15) is 29.6 Å². The lowest BCUT2D eigenvalue weighted by Crippen LogP contribution is -2.37. The Labute approximate surface area is 140 Å². The van der Waals surface area contributed by atoms with Crippen molar-refractivity contribution in [1.29, 1.82) is 0 Å². The van der Waals surface area contributed by atoms with E-state index in [9.17, 15) is 9.59 Å². The number of amides is 1. The zero-order valence-electron chi connectivity index (χ0n) is 13.6. The summed E-state index contributed by atoms with van der Waals surface area (Å²) >= 11 is 0. The minimum Gasteiger partial charge on any atom is -0.490 e. The summed E-state index contributed by atoms with van der Waals surface area (Å²) in [6.45, 7) is 1.52. The molecular weight excluding hydrogens is 314 g/mol. The SMILES string of the molecule is COC1CC(CC(=O)O)N(C(=O)c2ccc3c(c2)OCCCO3)C1. The van der Waals surface area contributed by atoms with Crippen molar-refractivity contribution in [3.05, 3.63) is 23.8 Å². The van der Waals surface area contributed by atoms with Gasteiger partial charge in [-0.05, 0) is 24.6 Å². The minimum absolute atomic E-state index is 0.0872. The van der Waals surface area contributed by atoms with Gasteiger partial charge >= 0.3 is 5.97 Å². The van der Waals surface area contributed by atoms with Gasteiger partial charge in [-0.1, -0.05) is 0 Å². The molecule has 2 aliphatic rings. The maximum Gasteiger partial charge on any atom is 0.305 e. The van der Waals surface area contributed by atoms with Crippen molar-refractivity contribution in [1.82, 2.24) is 4.90 Å². The fourth-order valence-electron chi connectivity index (χ4n) is 3.15. The van der Waals surface area contributed by atoms with E-state index in [4.69, 9.17) is 19.3 Å². The molecule has 0 spiro atoms. The first-order valence-electron chi connectivity index (χ1n) is 8.03. The Bertz CT molecular complexity index is 632. The lowest BCUT2D eigenvalue weighted by atomic mass is 10.1. The molecule has 0 bridgehead atoms. The molecule has 1 amide bonds. The number of ether oxygens (including phenoxy) is 3. The number of benzene rings is 1. The first-order valence-corrected chi connectivity index (χ1v) is 8.03. The second kappa shape index (κ2) is 7.09. The Balaban J connectivity index is 1.81. The quantitative estimate of drug-likeness (QED) is 0.899. The van der Waals surface area contributed by atoms with Crippen LogP contribution < -0.4 is 9.47 Å². The molecule has 0 aromatic heterocycles. The molecule has 1 aromatic rings. The van der Waals surface area contributed by atoms with Gasteiger partial charge in [0.15, 0.2) is 11.5 Å². The highest BCUT2D eigenvalue weighted by Crippen LogP contribution is 2.32. The minimum atomic E-state index is -0.923. The van der Waals surface area contributed by atoms with Crippen LogP contribution in [0.3, 0.4) is 0 Å². The van der Waals surface area contributed by atoms with Crippen LogP contribution in [-0.4, -0.2) is 60.9 Å². The zero-order valence-corrected chi connectivity index (χ0v) is 13.6. The maximum atomic E-state index is 12.9. The summed E-state index contributed by atoms with van der Waals surface area (Å²) in [5.41, 5.74) is 0.464. The molecule has 0 saturated carbocycles. The standard InChI is InChI=1S/C17H21NO6/c1-22-13-8-12(9-16(19)20)18(10-13)17(21)11-3-4-14-15(7-11)24-6-2-5-23-14/h3-4,7,12-13H,2,5-6,8-10H2,1H3,(H,19,20). The summed E-state index contributed by atoms with van der Waals surface area (Å²) in [6.07, 6.45) is 1.09. The molecule has 1 aromatic carbocycles. The number of carboxylic acids is 1. The van der Waals surface area contributed by atoms with Crippen molar-refractivity contribution in [3.8, 4) is 11.5 Å². The summed E-state index contributed by atoms with van der Waals surface area (Å²) in [5, 5.41) is 9.08. The van der Waals surface area contributed by atoms with Crippen LogP contribution in [0.15, 0.2) is 18.2 Å². The third-order valence-electron chi connectivity index (χ3n) is 4.37. The van der Waals surface area contributed by atoms with E-state index in [-0.39, 0.29) is 24.5 Å². The largest absolute Gasteiger partial charge is 0.490 e. The molecule has 1 fully saturated rings. The third-order valence-corrected chi connectivity index (χ3v) is 4.37. The van der Waals surface area contributed by atoms with E-state index in [2.05, 4.69) is 0 Å². The van der Waals surface area contributed by atoms with Crippen LogP contribution in [0, 0.1) is 0 Å². The molecule has 7 nitrogen and oxygen atoms in total. The number of hydrogen-bond acceptors (Lipinski definition) is 5. The predicted octanol–water partition coefficient (Wildman–Crippen LogP) is 1.55. The number of methoxy groups -OCH3 is 1. The van der Waals surface area contributed by atoms with Crippen molar-refractivity contribution < 1.29 is 28.9 Å². The van der Waals surface area contributed by atoms with Crippen molar-refractivity contribution in [2.45, 2.75) is 31.4 Å². The normalized spacial score (nSPS) is 23.0. The van der Waals surface area contributed by atoms with E-state index < -0.39 is 5.97 Å².